The van der Waals surface area contributed by atoms with Gasteiger partial charge in [0.1, 0.15) is 0 Å². The van der Waals surface area contributed by atoms with Gasteiger partial charge in [-0.05, 0) is 45.6 Å². The highest BCUT2D eigenvalue weighted by Gasteiger charge is 2.28. The van der Waals surface area contributed by atoms with Crippen LogP contribution >= 0.6 is 15.8 Å². The van der Waals surface area contributed by atoms with Gasteiger partial charge in [-0.2, -0.15) is 0 Å². The van der Waals surface area contributed by atoms with E-state index >= 15 is 0 Å². The fraction of sp³-hybridized carbons (Fsp3) is 0.0227. The highest BCUT2D eigenvalue weighted by Crippen LogP contribution is 2.52. The zero-order chi connectivity index (χ0) is 31.7. The lowest BCUT2D eigenvalue weighted by Crippen LogP contribution is -2.22. The van der Waals surface area contributed by atoms with Crippen molar-refractivity contribution >= 4 is 47.8 Å². The van der Waals surface area contributed by atoms with E-state index in [1.807, 2.05) is 0 Å². The maximum absolute atomic E-state index is 5.82. The van der Waals surface area contributed by atoms with Crippen LogP contribution in [0.4, 0.5) is 0 Å². The van der Waals surface area contributed by atoms with Gasteiger partial charge < -0.3 is 0 Å². The molecule has 226 valence electrons. The molecular weight excluding hydrogens is 604 g/mol. The van der Waals surface area contributed by atoms with E-state index in [4.69, 9.17) is 4.99 Å². The number of nitrogens with zero attached hydrogens (tertiary/aromatic N) is 1. The van der Waals surface area contributed by atoms with E-state index in [-0.39, 0.29) is 6.04 Å². The van der Waals surface area contributed by atoms with Crippen molar-refractivity contribution in [3.05, 3.63) is 223 Å². The van der Waals surface area contributed by atoms with Crippen LogP contribution in [0.1, 0.15) is 11.1 Å². The Morgan fingerprint density at radius 3 is 1.23 bits per heavy atom. The smallest absolute Gasteiger partial charge is 0.0948 e. The van der Waals surface area contributed by atoms with Gasteiger partial charge in [0.2, 0.25) is 0 Å². The summed E-state index contributed by atoms with van der Waals surface area (Å²) in [6, 6.07) is 65.3. The summed E-state index contributed by atoms with van der Waals surface area (Å²) in [6.45, 7) is 0. The van der Waals surface area contributed by atoms with Crippen LogP contribution in [0.2, 0.25) is 0 Å². The monoisotopic (exact) mass is 639 g/mol. The molecule has 0 aromatic heterocycles. The predicted octanol–water partition coefficient (Wildman–Crippen LogP) is 9.60. The van der Waals surface area contributed by atoms with E-state index in [0.717, 1.165) is 11.0 Å². The van der Waals surface area contributed by atoms with Crippen molar-refractivity contribution in [2.24, 2.45) is 4.99 Å². The van der Waals surface area contributed by atoms with Crippen LogP contribution in [0.15, 0.2) is 217 Å². The second-order valence-corrected chi connectivity index (χ2v) is 15.5. The normalized spacial score (nSPS) is 15.6. The molecule has 0 heterocycles. The summed E-state index contributed by atoms with van der Waals surface area (Å²) < 4.78 is 0. The summed E-state index contributed by atoms with van der Waals surface area (Å²) in [4.78, 5) is 5.82. The highest BCUT2D eigenvalue weighted by molar-refractivity contribution is 7.88. The third kappa shape index (κ3) is 7.08. The Labute approximate surface area is 280 Å². The third-order valence-corrected chi connectivity index (χ3v) is 13.1. The molecule has 0 spiro atoms. The van der Waals surface area contributed by atoms with Gasteiger partial charge in [-0.25, -0.2) is 0 Å². The van der Waals surface area contributed by atoms with Crippen LogP contribution in [-0.4, -0.2) is 11.5 Å². The minimum absolute atomic E-state index is 0.166. The number of rotatable bonds is 9. The summed E-state index contributed by atoms with van der Waals surface area (Å²) in [5, 5.41) is 6.56. The van der Waals surface area contributed by atoms with Crippen LogP contribution in [0, 0.1) is 0 Å². The van der Waals surface area contributed by atoms with Crippen LogP contribution in [-0.2, 0) is 0 Å². The van der Waals surface area contributed by atoms with E-state index in [9.17, 15) is 0 Å². The number of hydrogen-bond acceptors (Lipinski definition) is 1. The molecule has 0 fully saturated rings. The van der Waals surface area contributed by atoms with Gasteiger partial charge in [0.05, 0.1) is 11.5 Å². The molecule has 1 atom stereocenters. The Morgan fingerprint density at radius 2 is 0.787 bits per heavy atom. The largest absolute Gasteiger partial charge is 0.271 e. The van der Waals surface area contributed by atoms with Crippen LogP contribution < -0.4 is 21.2 Å². The lowest BCUT2D eigenvalue weighted by atomic mass is 9.99. The summed E-state index contributed by atoms with van der Waals surface area (Å²) in [6.07, 6.45) is 8.90. The van der Waals surface area contributed by atoms with Gasteiger partial charge in [0.15, 0.2) is 0 Å². The van der Waals surface area contributed by atoms with Crippen LogP contribution in [0.25, 0.3) is 5.31 Å². The first-order valence-corrected chi connectivity index (χ1v) is 18.6. The molecule has 6 aromatic carbocycles. The van der Waals surface area contributed by atoms with E-state index in [1.54, 1.807) is 0 Å². The average Bonchev–Trinajstić information content (AvgIpc) is 3.16. The molecule has 0 saturated carbocycles. The fourth-order valence-corrected chi connectivity index (χ4v) is 11.0. The summed E-state index contributed by atoms with van der Waals surface area (Å²) >= 11 is 0. The molecule has 1 nitrogen and oxygen atoms in total. The Hall–Kier alpha value is -4.93. The molecule has 1 aliphatic rings. The predicted molar refractivity (Wildman–Crippen MR) is 207 cm³/mol. The van der Waals surface area contributed by atoms with Crippen molar-refractivity contribution in [1.29, 1.82) is 0 Å². The van der Waals surface area contributed by atoms with E-state index in [1.165, 1.54) is 37.7 Å². The number of allylic oxidation sites excluding steroid dienone is 2. The molecule has 0 bridgehead atoms. The van der Waals surface area contributed by atoms with Crippen molar-refractivity contribution in [1.82, 2.24) is 0 Å². The van der Waals surface area contributed by atoms with Gasteiger partial charge in [0.25, 0.3) is 0 Å². The zero-order valence-corrected chi connectivity index (χ0v) is 27.8. The molecule has 0 amide bonds. The molecule has 1 unspecified atom stereocenters. The molecule has 0 radical (unpaired) electrons. The molecule has 0 saturated heterocycles. The second kappa shape index (κ2) is 15.1. The lowest BCUT2D eigenvalue weighted by molar-refractivity contribution is 0.981. The van der Waals surface area contributed by atoms with E-state index in [0.29, 0.717) is 0 Å². The fourth-order valence-electron chi connectivity index (χ4n) is 5.97. The van der Waals surface area contributed by atoms with Gasteiger partial charge in [-0.3, -0.25) is 4.99 Å². The molecule has 7 rings (SSSR count). The Bertz CT molecular complexity index is 1920. The topological polar surface area (TPSA) is 12.4 Å². The average molecular weight is 640 g/mol. The Kier molecular flexibility index (Phi) is 9.87. The maximum Gasteiger partial charge on any atom is 0.0948 e. The van der Waals surface area contributed by atoms with Crippen LogP contribution in [0.5, 0.6) is 0 Å². The highest BCUT2D eigenvalue weighted by atomic mass is 31.1. The van der Waals surface area contributed by atoms with Gasteiger partial charge in [0, 0.05) is 13.5 Å². The number of hydrogen-bond donors (Lipinski definition) is 0. The molecule has 47 heavy (non-hydrogen) atoms. The third-order valence-electron chi connectivity index (χ3n) is 8.11. The second-order valence-electron chi connectivity index (χ2n) is 11.2. The molecule has 0 aliphatic heterocycles. The van der Waals surface area contributed by atoms with Gasteiger partial charge in [-0.1, -0.05) is 206 Å². The van der Waals surface area contributed by atoms with Crippen molar-refractivity contribution < 1.29 is 0 Å². The summed E-state index contributed by atoms with van der Waals surface area (Å²) in [5.41, 5.74) is 4.75. The van der Waals surface area contributed by atoms with Crippen molar-refractivity contribution in [2.45, 2.75) is 6.04 Å². The molecular formula is C44H35NP2. The SMILES string of the molecule is C1=CC(=C(c2ccccc2)P(c2ccccc2)c2ccccc2)C(N=C(c2ccccc2)P(c2ccccc2)c2ccccc2)C=C1. The molecule has 3 heteroatoms. The van der Waals surface area contributed by atoms with Crippen molar-refractivity contribution in [2.75, 3.05) is 0 Å². The number of aliphatic imine (C=N–C) groups is 1. The first-order chi connectivity index (χ1) is 23.4. The number of benzene rings is 6. The van der Waals surface area contributed by atoms with E-state index in [2.05, 4.69) is 206 Å². The molecule has 6 aromatic rings. The molecule has 1 aliphatic carbocycles. The molecule has 0 N–H and O–H groups in total. The first kappa shape index (κ1) is 30.7. The van der Waals surface area contributed by atoms with Crippen molar-refractivity contribution in [3.63, 3.8) is 0 Å². The maximum atomic E-state index is 5.82. The van der Waals surface area contributed by atoms with Gasteiger partial charge in [-0.15, -0.1) is 0 Å². The Balaban J connectivity index is 1.50. The Morgan fingerprint density at radius 1 is 0.404 bits per heavy atom. The minimum Gasteiger partial charge on any atom is -0.271 e. The first-order valence-electron chi connectivity index (χ1n) is 15.9. The standard InChI is InChI=1S/C44H35NP2/c1-7-21-35(22-8-1)43(46(37-25-11-3-12-26-37)38-27-13-4-14-28-38)41-33-19-20-34-42(41)45-44(36-23-9-2-10-24-36)47(39-29-15-5-16-30-39)40-31-17-6-18-32-40/h1-34,42H. The minimum atomic E-state index is -0.936. The zero-order valence-electron chi connectivity index (χ0n) is 26.0. The van der Waals surface area contributed by atoms with Crippen LogP contribution in [0.3, 0.4) is 0 Å². The van der Waals surface area contributed by atoms with E-state index < -0.39 is 15.8 Å². The quantitative estimate of drug-likeness (QED) is 0.110. The lowest BCUT2D eigenvalue weighted by Gasteiger charge is -2.29. The summed E-state index contributed by atoms with van der Waals surface area (Å²) in [5.74, 6) is 0. The van der Waals surface area contributed by atoms with Crippen molar-refractivity contribution in [3.8, 4) is 0 Å². The van der Waals surface area contributed by atoms with Gasteiger partial charge >= 0.3 is 0 Å². The summed E-state index contributed by atoms with van der Waals surface area (Å²) in [7, 11) is -1.83.